The molecule has 0 aliphatic carbocycles. The number of nitrogens with one attached hydrogen (secondary N) is 1. The molecule has 1 aromatic heterocycles. The topological polar surface area (TPSA) is 29.9 Å². The largest absolute Gasteiger partial charge is 0.326 e. The van der Waals surface area contributed by atoms with Gasteiger partial charge in [-0.2, -0.15) is 0 Å². The van der Waals surface area contributed by atoms with Gasteiger partial charge in [0.2, 0.25) is 0 Å². The SMILES string of the molecule is CCNCc1cnc(C)n1Cc1cc(Br)ccc1F. The molecule has 0 unspecified atom stereocenters. The van der Waals surface area contributed by atoms with E-state index in [9.17, 15) is 4.39 Å². The van der Waals surface area contributed by atoms with Gasteiger partial charge in [0.25, 0.3) is 0 Å². The van der Waals surface area contributed by atoms with Crippen LogP contribution in [0.3, 0.4) is 0 Å². The van der Waals surface area contributed by atoms with E-state index >= 15 is 0 Å². The van der Waals surface area contributed by atoms with Crippen LogP contribution in [0, 0.1) is 12.7 Å². The number of nitrogens with zero attached hydrogens (tertiary/aromatic N) is 2. The Kier molecular flexibility index (Phi) is 4.71. The second-order valence-electron chi connectivity index (χ2n) is 4.40. The van der Waals surface area contributed by atoms with Crippen molar-refractivity contribution >= 4 is 15.9 Å². The Balaban J connectivity index is 2.27. The summed E-state index contributed by atoms with van der Waals surface area (Å²) in [7, 11) is 0. The van der Waals surface area contributed by atoms with Gasteiger partial charge >= 0.3 is 0 Å². The van der Waals surface area contributed by atoms with Gasteiger partial charge in [-0.3, -0.25) is 0 Å². The van der Waals surface area contributed by atoms with Crippen LogP contribution >= 0.6 is 15.9 Å². The first kappa shape index (κ1) is 14.2. The molecule has 0 bridgehead atoms. The zero-order valence-corrected chi connectivity index (χ0v) is 12.7. The zero-order chi connectivity index (χ0) is 13.8. The molecule has 0 aliphatic rings. The second kappa shape index (κ2) is 6.30. The summed E-state index contributed by atoms with van der Waals surface area (Å²) < 4.78 is 16.7. The maximum Gasteiger partial charge on any atom is 0.128 e. The van der Waals surface area contributed by atoms with Crippen molar-refractivity contribution < 1.29 is 4.39 Å². The Bertz CT molecular complexity index is 566. The van der Waals surface area contributed by atoms with Gasteiger partial charge in [0.15, 0.2) is 0 Å². The average Bonchev–Trinajstić information content (AvgIpc) is 2.73. The molecule has 0 saturated heterocycles. The van der Waals surface area contributed by atoms with Crippen LogP contribution in [0.25, 0.3) is 0 Å². The van der Waals surface area contributed by atoms with E-state index < -0.39 is 0 Å². The molecule has 0 atom stereocenters. The van der Waals surface area contributed by atoms with E-state index in [4.69, 9.17) is 0 Å². The number of aromatic nitrogens is 2. The fraction of sp³-hybridized carbons (Fsp3) is 0.357. The highest BCUT2D eigenvalue weighted by Gasteiger charge is 2.10. The van der Waals surface area contributed by atoms with Gasteiger partial charge in [-0.15, -0.1) is 0 Å². The lowest BCUT2D eigenvalue weighted by molar-refractivity contribution is 0.585. The van der Waals surface area contributed by atoms with E-state index in [0.717, 1.165) is 29.1 Å². The van der Waals surface area contributed by atoms with Crippen LogP contribution in [0.4, 0.5) is 4.39 Å². The summed E-state index contributed by atoms with van der Waals surface area (Å²) in [6.07, 6.45) is 1.84. The minimum Gasteiger partial charge on any atom is -0.326 e. The highest BCUT2D eigenvalue weighted by atomic mass is 79.9. The minimum absolute atomic E-state index is 0.189. The molecular formula is C14H17BrFN3. The molecule has 0 aliphatic heterocycles. The molecule has 0 fully saturated rings. The molecule has 1 heterocycles. The average molecular weight is 326 g/mol. The standard InChI is InChI=1S/C14H17BrFN3/c1-3-17-7-13-8-18-10(2)19(13)9-11-6-12(15)4-5-14(11)16/h4-6,8,17H,3,7,9H2,1-2H3. The lowest BCUT2D eigenvalue weighted by atomic mass is 10.2. The van der Waals surface area contributed by atoms with Gasteiger partial charge < -0.3 is 9.88 Å². The van der Waals surface area contributed by atoms with Gasteiger partial charge in [0, 0.05) is 22.8 Å². The molecule has 1 aromatic carbocycles. The number of imidazole rings is 1. The van der Waals surface area contributed by atoms with Crippen LogP contribution in [0.5, 0.6) is 0 Å². The Morgan fingerprint density at radius 3 is 2.95 bits per heavy atom. The first-order chi connectivity index (χ1) is 9.11. The van der Waals surface area contributed by atoms with Crippen molar-refractivity contribution in [2.45, 2.75) is 26.9 Å². The van der Waals surface area contributed by atoms with E-state index in [2.05, 4.69) is 33.2 Å². The predicted octanol–water partition coefficient (Wildman–Crippen LogP) is 3.25. The van der Waals surface area contributed by atoms with Crippen molar-refractivity contribution in [2.24, 2.45) is 0 Å². The zero-order valence-electron chi connectivity index (χ0n) is 11.1. The van der Waals surface area contributed by atoms with Gasteiger partial charge in [0.05, 0.1) is 12.2 Å². The van der Waals surface area contributed by atoms with E-state index in [1.807, 2.05) is 23.8 Å². The van der Waals surface area contributed by atoms with Gasteiger partial charge in [-0.05, 0) is 31.7 Å². The highest BCUT2D eigenvalue weighted by Crippen LogP contribution is 2.18. The normalized spacial score (nSPS) is 10.9. The van der Waals surface area contributed by atoms with Crippen molar-refractivity contribution in [1.82, 2.24) is 14.9 Å². The summed E-state index contributed by atoms with van der Waals surface area (Å²) in [5.74, 6) is 0.706. The molecule has 0 saturated carbocycles. The molecule has 0 radical (unpaired) electrons. The third-order valence-electron chi connectivity index (χ3n) is 3.03. The first-order valence-corrected chi connectivity index (χ1v) is 7.06. The van der Waals surface area contributed by atoms with Crippen molar-refractivity contribution in [3.05, 3.63) is 51.8 Å². The maximum absolute atomic E-state index is 13.8. The van der Waals surface area contributed by atoms with Crippen LogP contribution in [-0.4, -0.2) is 16.1 Å². The van der Waals surface area contributed by atoms with Crippen LogP contribution in [0.1, 0.15) is 24.0 Å². The third kappa shape index (κ3) is 3.42. The Labute approximate surface area is 121 Å². The fourth-order valence-electron chi connectivity index (χ4n) is 1.96. The first-order valence-electron chi connectivity index (χ1n) is 6.27. The second-order valence-corrected chi connectivity index (χ2v) is 5.31. The molecule has 3 nitrogen and oxygen atoms in total. The number of rotatable bonds is 5. The van der Waals surface area contributed by atoms with Crippen molar-refractivity contribution in [3.8, 4) is 0 Å². The van der Waals surface area contributed by atoms with Crippen molar-refractivity contribution in [2.75, 3.05) is 6.54 Å². The number of hydrogen-bond acceptors (Lipinski definition) is 2. The molecule has 2 rings (SSSR count). The minimum atomic E-state index is -0.189. The smallest absolute Gasteiger partial charge is 0.128 e. The summed E-state index contributed by atoms with van der Waals surface area (Å²) in [4.78, 5) is 4.31. The summed E-state index contributed by atoms with van der Waals surface area (Å²) in [5.41, 5.74) is 1.73. The summed E-state index contributed by atoms with van der Waals surface area (Å²) in [5, 5.41) is 3.27. The lowest BCUT2D eigenvalue weighted by Crippen LogP contribution is -2.16. The van der Waals surface area contributed by atoms with E-state index in [0.29, 0.717) is 12.1 Å². The molecular weight excluding hydrogens is 309 g/mol. The van der Waals surface area contributed by atoms with Gasteiger partial charge in [-0.25, -0.2) is 9.37 Å². The van der Waals surface area contributed by atoms with E-state index in [1.54, 1.807) is 6.07 Å². The van der Waals surface area contributed by atoms with Gasteiger partial charge in [0.1, 0.15) is 11.6 Å². The Morgan fingerprint density at radius 2 is 2.21 bits per heavy atom. The molecule has 1 N–H and O–H groups in total. The molecule has 0 spiro atoms. The number of benzene rings is 1. The highest BCUT2D eigenvalue weighted by molar-refractivity contribution is 9.10. The molecule has 19 heavy (non-hydrogen) atoms. The monoisotopic (exact) mass is 325 g/mol. The van der Waals surface area contributed by atoms with Crippen LogP contribution in [0.15, 0.2) is 28.9 Å². The van der Waals surface area contributed by atoms with E-state index in [-0.39, 0.29) is 5.82 Å². The summed E-state index contributed by atoms with van der Waals surface area (Å²) >= 11 is 3.38. The summed E-state index contributed by atoms with van der Waals surface area (Å²) in [6.45, 7) is 6.13. The van der Waals surface area contributed by atoms with E-state index in [1.165, 1.54) is 6.07 Å². The van der Waals surface area contributed by atoms with Crippen LogP contribution in [0.2, 0.25) is 0 Å². The maximum atomic E-state index is 13.8. The Hall–Kier alpha value is -1.20. The van der Waals surface area contributed by atoms with Crippen LogP contribution < -0.4 is 5.32 Å². The molecule has 2 aromatic rings. The number of halogens is 2. The molecule has 102 valence electrons. The van der Waals surface area contributed by atoms with Crippen molar-refractivity contribution in [3.63, 3.8) is 0 Å². The van der Waals surface area contributed by atoms with Gasteiger partial charge in [-0.1, -0.05) is 22.9 Å². The number of aryl methyl sites for hydroxylation is 1. The molecule has 0 amide bonds. The lowest BCUT2D eigenvalue weighted by Gasteiger charge is -2.12. The molecule has 5 heteroatoms. The summed E-state index contributed by atoms with van der Waals surface area (Å²) in [6, 6.07) is 5.00. The fourth-order valence-corrected chi connectivity index (χ4v) is 2.37. The predicted molar refractivity (Wildman–Crippen MR) is 77.5 cm³/mol. The Morgan fingerprint density at radius 1 is 1.42 bits per heavy atom. The van der Waals surface area contributed by atoms with Crippen molar-refractivity contribution in [1.29, 1.82) is 0 Å². The quantitative estimate of drug-likeness (QED) is 0.914. The van der Waals surface area contributed by atoms with Crippen LogP contribution in [-0.2, 0) is 13.1 Å². The third-order valence-corrected chi connectivity index (χ3v) is 3.52. The number of hydrogen-bond donors (Lipinski definition) is 1.